The summed E-state index contributed by atoms with van der Waals surface area (Å²) in [6, 6.07) is 9.30. The predicted octanol–water partition coefficient (Wildman–Crippen LogP) is 5.62. The Morgan fingerprint density at radius 3 is 2.56 bits per heavy atom. The summed E-state index contributed by atoms with van der Waals surface area (Å²) in [4.78, 5) is 27.6. The van der Waals surface area contributed by atoms with Crippen LogP contribution in [-0.4, -0.2) is 42.0 Å². The highest BCUT2D eigenvalue weighted by Crippen LogP contribution is 2.43. The van der Waals surface area contributed by atoms with Gasteiger partial charge in [-0.1, -0.05) is 48.7 Å². The summed E-state index contributed by atoms with van der Waals surface area (Å²) >= 11 is 12.4. The number of ether oxygens (including phenoxy) is 2. The molecule has 0 bridgehead atoms. The monoisotopic (exact) mass is 477 g/mol. The molecule has 2 aromatic rings. The molecule has 0 aliphatic carbocycles. The second kappa shape index (κ2) is 10.3. The first-order chi connectivity index (χ1) is 15.3. The first kappa shape index (κ1) is 24.0. The smallest absolute Gasteiger partial charge is 0.295 e. The number of likely N-dealkylation sites (tertiary alicyclic amines) is 1. The minimum absolute atomic E-state index is 0.0450. The lowest BCUT2D eigenvalue weighted by Gasteiger charge is -2.25. The van der Waals surface area contributed by atoms with Gasteiger partial charge < -0.3 is 19.5 Å². The number of aliphatic hydroxyl groups excluding tert-OH is 1. The number of hydrogen-bond acceptors (Lipinski definition) is 5. The van der Waals surface area contributed by atoms with Crippen LogP contribution in [0.1, 0.15) is 43.9 Å². The van der Waals surface area contributed by atoms with Crippen LogP contribution < -0.4 is 9.47 Å². The van der Waals surface area contributed by atoms with Crippen molar-refractivity contribution in [1.82, 2.24) is 4.90 Å². The van der Waals surface area contributed by atoms with Crippen molar-refractivity contribution in [3.8, 4) is 11.5 Å². The van der Waals surface area contributed by atoms with Gasteiger partial charge in [0, 0.05) is 11.6 Å². The van der Waals surface area contributed by atoms with Crippen LogP contribution in [0.3, 0.4) is 0 Å². The maximum Gasteiger partial charge on any atom is 0.295 e. The van der Waals surface area contributed by atoms with E-state index in [0.29, 0.717) is 30.9 Å². The Bertz CT molecular complexity index is 1070. The van der Waals surface area contributed by atoms with Gasteiger partial charge in [-0.25, -0.2) is 0 Å². The summed E-state index contributed by atoms with van der Waals surface area (Å²) < 4.78 is 10.9. The van der Waals surface area contributed by atoms with Crippen LogP contribution in [0, 0.1) is 0 Å². The molecule has 170 valence electrons. The molecule has 32 heavy (non-hydrogen) atoms. The summed E-state index contributed by atoms with van der Waals surface area (Å²) in [7, 11) is 1.40. The zero-order valence-electron chi connectivity index (χ0n) is 18.2. The van der Waals surface area contributed by atoms with Gasteiger partial charge in [0.1, 0.15) is 17.3 Å². The highest BCUT2D eigenvalue weighted by Gasteiger charge is 2.46. The number of carbonyl (C=O) groups excluding carboxylic acids is 2. The van der Waals surface area contributed by atoms with Gasteiger partial charge in [-0.2, -0.15) is 0 Å². The van der Waals surface area contributed by atoms with Crippen molar-refractivity contribution < 1.29 is 24.2 Å². The molecule has 1 fully saturated rings. The molecule has 0 spiro atoms. The number of methoxy groups -OCH3 is 1. The molecule has 1 saturated heterocycles. The predicted molar refractivity (Wildman–Crippen MR) is 125 cm³/mol. The lowest BCUT2D eigenvalue weighted by Crippen LogP contribution is -2.30. The van der Waals surface area contributed by atoms with Crippen LogP contribution in [0.2, 0.25) is 10.0 Å². The molecule has 1 amide bonds. The molecule has 1 aliphatic rings. The fraction of sp³-hybridized carbons (Fsp3) is 0.333. The van der Waals surface area contributed by atoms with Gasteiger partial charge in [-0.3, -0.25) is 9.59 Å². The van der Waals surface area contributed by atoms with Crippen molar-refractivity contribution in [2.75, 3.05) is 20.3 Å². The Morgan fingerprint density at radius 2 is 1.91 bits per heavy atom. The Morgan fingerprint density at radius 1 is 1.16 bits per heavy atom. The SMILES string of the molecule is CCCCN1C(=O)C(=O)/C(=C(/O)c2cc(Cl)cc(Cl)c2OC)C1c1cccc(OCC)c1. The minimum atomic E-state index is -0.788. The number of benzene rings is 2. The molecule has 3 rings (SSSR count). The number of halogens is 2. The van der Waals surface area contributed by atoms with E-state index in [0.717, 1.165) is 6.42 Å². The number of ketones is 1. The zero-order chi connectivity index (χ0) is 23.4. The van der Waals surface area contributed by atoms with E-state index in [4.69, 9.17) is 32.7 Å². The molecule has 1 heterocycles. The van der Waals surface area contributed by atoms with E-state index < -0.39 is 23.5 Å². The minimum Gasteiger partial charge on any atom is -0.507 e. The molecule has 6 nitrogen and oxygen atoms in total. The number of Topliss-reactive ketones (excluding diaryl/α,β-unsaturated/α-hetero) is 1. The van der Waals surface area contributed by atoms with E-state index in [9.17, 15) is 14.7 Å². The standard InChI is InChI=1S/C24H25Cl2NO5/c1-4-6-10-27-20(14-8-7-9-16(11-14)32-5-2)19(22(29)24(27)30)21(28)17-12-15(25)13-18(26)23(17)31-3/h7-9,11-13,20,28H,4-6,10H2,1-3H3/b21-19+. The van der Waals surface area contributed by atoms with Gasteiger partial charge in [-0.05, 0) is 43.2 Å². The van der Waals surface area contributed by atoms with Crippen LogP contribution in [0.25, 0.3) is 5.76 Å². The third kappa shape index (κ3) is 4.57. The normalized spacial score (nSPS) is 17.7. The van der Waals surface area contributed by atoms with Crippen molar-refractivity contribution in [3.05, 3.63) is 63.1 Å². The molecular formula is C24H25Cl2NO5. The molecule has 2 aromatic carbocycles. The van der Waals surface area contributed by atoms with Crippen LogP contribution in [0.4, 0.5) is 0 Å². The number of unbranched alkanes of at least 4 members (excludes halogenated alkanes) is 1. The fourth-order valence-electron chi connectivity index (χ4n) is 3.82. The molecule has 0 saturated carbocycles. The fourth-order valence-corrected chi connectivity index (χ4v) is 4.39. The lowest BCUT2D eigenvalue weighted by molar-refractivity contribution is -0.139. The van der Waals surface area contributed by atoms with Crippen molar-refractivity contribution in [2.24, 2.45) is 0 Å². The molecular weight excluding hydrogens is 453 g/mol. The number of aliphatic hydroxyl groups is 1. The van der Waals surface area contributed by atoms with E-state index in [1.807, 2.05) is 13.8 Å². The van der Waals surface area contributed by atoms with Crippen LogP contribution in [-0.2, 0) is 9.59 Å². The number of carbonyl (C=O) groups is 2. The third-order valence-corrected chi connectivity index (χ3v) is 5.74. The van der Waals surface area contributed by atoms with E-state index in [2.05, 4.69) is 0 Å². The summed E-state index contributed by atoms with van der Waals surface area (Å²) in [5.74, 6) is -1.07. The highest BCUT2D eigenvalue weighted by molar-refractivity contribution is 6.46. The average molecular weight is 478 g/mol. The van der Waals surface area contributed by atoms with Crippen molar-refractivity contribution in [2.45, 2.75) is 32.7 Å². The average Bonchev–Trinajstić information content (AvgIpc) is 3.02. The largest absolute Gasteiger partial charge is 0.507 e. The first-order valence-corrected chi connectivity index (χ1v) is 11.1. The van der Waals surface area contributed by atoms with Crippen LogP contribution >= 0.6 is 23.2 Å². The van der Waals surface area contributed by atoms with Gasteiger partial charge in [-0.15, -0.1) is 0 Å². The zero-order valence-corrected chi connectivity index (χ0v) is 19.7. The summed E-state index contributed by atoms with van der Waals surface area (Å²) in [6.07, 6.45) is 1.55. The first-order valence-electron chi connectivity index (χ1n) is 10.4. The summed E-state index contributed by atoms with van der Waals surface area (Å²) in [6.45, 7) is 4.71. The van der Waals surface area contributed by atoms with Gasteiger partial charge in [0.2, 0.25) is 0 Å². The Kier molecular flexibility index (Phi) is 7.69. The number of nitrogens with zero attached hydrogens (tertiary/aromatic N) is 1. The quantitative estimate of drug-likeness (QED) is 0.303. The molecule has 1 N–H and O–H groups in total. The van der Waals surface area contributed by atoms with Crippen LogP contribution in [0.5, 0.6) is 11.5 Å². The molecule has 0 aromatic heterocycles. The topological polar surface area (TPSA) is 76.1 Å². The van der Waals surface area contributed by atoms with Gasteiger partial charge in [0.25, 0.3) is 11.7 Å². The Labute approximate surface area is 197 Å². The van der Waals surface area contributed by atoms with Crippen molar-refractivity contribution in [3.63, 3.8) is 0 Å². The van der Waals surface area contributed by atoms with E-state index in [1.165, 1.54) is 24.1 Å². The number of amides is 1. The highest BCUT2D eigenvalue weighted by atomic mass is 35.5. The van der Waals surface area contributed by atoms with Gasteiger partial charge in [0.05, 0.1) is 35.9 Å². The summed E-state index contributed by atoms with van der Waals surface area (Å²) in [5.41, 5.74) is 0.751. The van der Waals surface area contributed by atoms with E-state index in [1.54, 1.807) is 24.3 Å². The van der Waals surface area contributed by atoms with Gasteiger partial charge >= 0.3 is 0 Å². The number of hydrogen-bond donors (Lipinski definition) is 1. The molecule has 1 unspecified atom stereocenters. The molecule has 8 heteroatoms. The lowest BCUT2D eigenvalue weighted by atomic mass is 9.94. The van der Waals surface area contributed by atoms with Crippen molar-refractivity contribution >= 4 is 40.7 Å². The Balaban J connectivity index is 2.25. The Hall–Kier alpha value is -2.70. The summed E-state index contributed by atoms with van der Waals surface area (Å²) in [5, 5.41) is 11.7. The maximum absolute atomic E-state index is 13.1. The van der Waals surface area contributed by atoms with E-state index in [-0.39, 0.29) is 26.9 Å². The van der Waals surface area contributed by atoms with Gasteiger partial charge in [0.15, 0.2) is 0 Å². The molecule has 1 aliphatic heterocycles. The molecule has 0 radical (unpaired) electrons. The second-order valence-corrected chi connectivity index (χ2v) is 8.16. The van der Waals surface area contributed by atoms with Crippen molar-refractivity contribution in [1.29, 1.82) is 0 Å². The maximum atomic E-state index is 13.1. The third-order valence-electron chi connectivity index (χ3n) is 5.24. The van der Waals surface area contributed by atoms with E-state index >= 15 is 0 Å². The second-order valence-electron chi connectivity index (χ2n) is 7.32. The number of rotatable bonds is 8. The van der Waals surface area contributed by atoms with Crippen LogP contribution in [0.15, 0.2) is 42.0 Å². The molecule has 1 atom stereocenters.